The minimum atomic E-state index is -0.0485. The Morgan fingerprint density at radius 2 is 2.04 bits per heavy atom. The summed E-state index contributed by atoms with van der Waals surface area (Å²) in [6.45, 7) is 5.54. The van der Waals surface area contributed by atoms with E-state index >= 15 is 0 Å². The molecule has 4 N–H and O–H groups in total. The first kappa shape index (κ1) is 17.8. The highest BCUT2D eigenvalue weighted by Gasteiger charge is 2.09. The average Bonchev–Trinajstić information content (AvgIpc) is 3.07. The van der Waals surface area contributed by atoms with Crippen molar-refractivity contribution in [2.24, 2.45) is 0 Å². The molecule has 134 valence electrons. The summed E-state index contributed by atoms with van der Waals surface area (Å²) in [6.07, 6.45) is 0. The van der Waals surface area contributed by atoms with Crippen LogP contribution in [0.15, 0.2) is 29.6 Å². The Hall–Kier alpha value is -2.00. The molecule has 25 heavy (non-hydrogen) atoms. The molecule has 0 saturated carbocycles. The third kappa shape index (κ3) is 5.50. The van der Waals surface area contributed by atoms with Gasteiger partial charge in [0.15, 0.2) is 5.13 Å². The first-order chi connectivity index (χ1) is 12.2. The van der Waals surface area contributed by atoms with E-state index < -0.39 is 0 Å². The summed E-state index contributed by atoms with van der Waals surface area (Å²) in [4.78, 5) is 18.6. The lowest BCUT2D eigenvalue weighted by Gasteiger charge is -2.26. The maximum atomic E-state index is 12.0. The fraction of sp³-hybridized carbons (Fsp3) is 0.412. The molecule has 2 aromatic rings. The summed E-state index contributed by atoms with van der Waals surface area (Å²) >= 11 is 1.41. The van der Waals surface area contributed by atoms with E-state index in [2.05, 4.69) is 20.5 Å². The first-order valence-corrected chi connectivity index (χ1v) is 9.21. The van der Waals surface area contributed by atoms with Gasteiger partial charge in [0.2, 0.25) is 5.91 Å². The number of benzene rings is 1. The zero-order chi connectivity index (χ0) is 17.5. The number of nitrogens with zero attached hydrogens (tertiary/aromatic N) is 2. The monoisotopic (exact) mass is 361 g/mol. The Balaban J connectivity index is 1.38. The van der Waals surface area contributed by atoms with Gasteiger partial charge in [0, 0.05) is 42.8 Å². The van der Waals surface area contributed by atoms with Crippen molar-refractivity contribution in [1.29, 1.82) is 0 Å². The molecule has 0 radical (unpaired) electrons. The van der Waals surface area contributed by atoms with Crippen LogP contribution in [-0.2, 0) is 9.53 Å². The molecule has 1 aromatic heterocycles. The van der Waals surface area contributed by atoms with E-state index in [0.29, 0.717) is 11.7 Å². The minimum Gasteiger partial charge on any atom is -0.379 e. The summed E-state index contributed by atoms with van der Waals surface area (Å²) in [5.74, 6) is -0.0485. The lowest BCUT2D eigenvalue weighted by Crippen LogP contribution is -2.41. The summed E-state index contributed by atoms with van der Waals surface area (Å²) in [7, 11) is 0. The Kier molecular flexibility index (Phi) is 6.35. The maximum absolute atomic E-state index is 12.0. The van der Waals surface area contributed by atoms with Gasteiger partial charge in [-0.2, -0.15) is 0 Å². The third-order valence-corrected chi connectivity index (χ3v) is 4.65. The standard InChI is InChI=1S/C17H23N5O2S/c18-17-21-15(12-25-17)13-1-3-14(4-2-13)20-16(23)11-19-5-6-22-7-9-24-10-8-22/h1-4,12,19H,5-11H2,(H2,18,21)(H,20,23). The first-order valence-electron chi connectivity index (χ1n) is 8.33. The molecule has 0 atom stereocenters. The second kappa shape index (κ2) is 8.91. The van der Waals surface area contributed by atoms with E-state index in [1.54, 1.807) is 0 Å². The van der Waals surface area contributed by atoms with Gasteiger partial charge in [0.25, 0.3) is 0 Å². The van der Waals surface area contributed by atoms with E-state index in [1.165, 1.54) is 11.3 Å². The molecular formula is C17H23N5O2S. The van der Waals surface area contributed by atoms with Crippen LogP contribution in [0, 0.1) is 0 Å². The highest BCUT2D eigenvalue weighted by molar-refractivity contribution is 7.13. The number of nitrogens with two attached hydrogens (primary N) is 1. The van der Waals surface area contributed by atoms with Crippen LogP contribution in [-0.4, -0.2) is 61.7 Å². The molecule has 7 nitrogen and oxygen atoms in total. The van der Waals surface area contributed by atoms with Crippen LogP contribution in [0.25, 0.3) is 11.3 Å². The number of carbonyl (C=O) groups excluding carboxylic acids is 1. The quantitative estimate of drug-likeness (QED) is 0.643. The molecule has 1 fully saturated rings. The van der Waals surface area contributed by atoms with E-state index in [-0.39, 0.29) is 5.91 Å². The lowest BCUT2D eigenvalue weighted by atomic mass is 10.1. The van der Waals surface area contributed by atoms with Gasteiger partial charge in [-0.3, -0.25) is 9.69 Å². The van der Waals surface area contributed by atoms with E-state index in [9.17, 15) is 4.79 Å². The second-order valence-corrected chi connectivity index (χ2v) is 6.72. The molecule has 0 spiro atoms. The van der Waals surface area contributed by atoms with Crippen LogP contribution in [0.3, 0.4) is 0 Å². The van der Waals surface area contributed by atoms with Crippen molar-refractivity contribution in [2.45, 2.75) is 0 Å². The smallest absolute Gasteiger partial charge is 0.238 e. The number of ether oxygens (including phenoxy) is 1. The van der Waals surface area contributed by atoms with Gasteiger partial charge < -0.3 is 21.1 Å². The number of hydrogen-bond acceptors (Lipinski definition) is 7. The zero-order valence-corrected chi connectivity index (χ0v) is 14.8. The Labute approximate surface area is 151 Å². The second-order valence-electron chi connectivity index (χ2n) is 5.83. The number of nitrogen functional groups attached to an aromatic ring is 1. The molecular weight excluding hydrogens is 338 g/mol. The van der Waals surface area contributed by atoms with Crippen molar-refractivity contribution >= 4 is 28.1 Å². The predicted molar refractivity (Wildman–Crippen MR) is 101 cm³/mol. The number of thiazole rings is 1. The zero-order valence-electron chi connectivity index (χ0n) is 14.0. The molecule has 0 aliphatic carbocycles. The molecule has 1 saturated heterocycles. The summed E-state index contributed by atoms with van der Waals surface area (Å²) in [5.41, 5.74) is 8.25. The number of nitrogens with one attached hydrogen (secondary N) is 2. The molecule has 1 amide bonds. The number of amides is 1. The van der Waals surface area contributed by atoms with E-state index in [0.717, 1.165) is 56.3 Å². The van der Waals surface area contributed by atoms with Crippen molar-refractivity contribution in [3.63, 3.8) is 0 Å². The van der Waals surface area contributed by atoms with Crippen molar-refractivity contribution < 1.29 is 9.53 Å². The SMILES string of the molecule is Nc1nc(-c2ccc(NC(=O)CNCCN3CCOCC3)cc2)cs1. The largest absolute Gasteiger partial charge is 0.379 e. The molecule has 8 heteroatoms. The Morgan fingerprint density at radius 3 is 2.72 bits per heavy atom. The summed E-state index contributed by atoms with van der Waals surface area (Å²) in [6, 6.07) is 7.60. The number of carbonyl (C=O) groups is 1. The van der Waals surface area contributed by atoms with E-state index in [1.807, 2.05) is 29.6 Å². The van der Waals surface area contributed by atoms with Gasteiger partial charge in [0.1, 0.15) is 0 Å². The maximum Gasteiger partial charge on any atom is 0.238 e. The van der Waals surface area contributed by atoms with Gasteiger partial charge >= 0.3 is 0 Å². The lowest BCUT2D eigenvalue weighted by molar-refractivity contribution is -0.115. The van der Waals surface area contributed by atoms with Gasteiger partial charge in [-0.05, 0) is 12.1 Å². The summed E-state index contributed by atoms with van der Waals surface area (Å²) in [5, 5.41) is 8.53. The molecule has 1 aliphatic rings. The summed E-state index contributed by atoms with van der Waals surface area (Å²) < 4.78 is 5.31. The van der Waals surface area contributed by atoms with Gasteiger partial charge in [-0.1, -0.05) is 12.1 Å². The van der Waals surface area contributed by atoms with Crippen LogP contribution in [0.4, 0.5) is 10.8 Å². The Morgan fingerprint density at radius 1 is 1.28 bits per heavy atom. The fourth-order valence-corrected chi connectivity index (χ4v) is 3.19. The van der Waals surface area contributed by atoms with E-state index in [4.69, 9.17) is 10.5 Å². The van der Waals surface area contributed by atoms with Crippen LogP contribution >= 0.6 is 11.3 Å². The van der Waals surface area contributed by atoms with Crippen molar-refractivity contribution in [2.75, 3.05) is 57.0 Å². The Bertz CT molecular complexity index is 683. The highest BCUT2D eigenvalue weighted by Crippen LogP contribution is 2.24. The van der Waals surface area contributed by atoms with Crippen LogP contribution in [0.2, 0.25) is 0 Å². The highest BCUT2D eigenvalue weighted by atomic mass is 32.1. The normalized spacial score (nSPS) is 15.2. The average molecular weight is 361 g/mol. The van der Waals surface area contributed by atoms with Crippen molar-refractivity contribution in [3.05, 3.63) is 29.6 Å². The predicted octanol–water partition coefficient (Wildman–Crippen LogP) is 1.25. The van der Waals surface area contributed by atoms with Gasteiger partial charge in [-0.25, -0.2) is 4.98 Å². The number of rotatable bonds is 7. The van der Waals surface area contributed by atoms with Crippen LogP contribution in [0.1, 0.15) is 0 Å². The molecule has 0 bridgehead atoms. The number of aromatic nitrogens is 1. The number of anilines is 2. The topological polar surface area (TPSA) is 92.5 Å². The van der Waals surface area contributed by atoms with Crippen LogP contribution < -0.4 is 16.4 Å². The molecule has 3 rings (SSSR count). The minimum absolute atomic E-state index is 0.0485. The van der Waals surface area contributed by atoms with Crippen molar-refractivity contribution in [3.8, 4) is 11.3 Å². The fourth-order valence-electron chi connectivity index (χ4n) is 2.61. The third-order valence-electron chi connectivity index (χ3n) is 3.98. The molecule has 1 aliphatic heterocycles. The molecule has 2 heterocycles. The van der Waals surface area contributed by atoms with Gasteiger partial charge in [0.05, 0.1) is 25.5 Å². The van der Waals surface area contributed by atoms with Crippen molar-refractivity contribution in [1.82, 2.24) is 15.2 Å². The molecule has 0 unspecified atom stereocenters. The number of morpholine rings is 1. The molecule has 1 aromatic carbocycles. The number of hydrogen-bond donors (Lipinski definition) is 3. The van der Waals surface area contributed by atoms with Gasteiger partial charge in [-0.15, -0.1) is 11.3 Å². The van der Waals surface area contributed by atoms with Crippen LogP contribution in [0.5, 0.6) is 0 Å².